The minimum atomic E-state index is 0.0625. The maximum absolute atomic E-state index is 9.06. The van der Waals surface area contributed by atoms with Crippen LogP contribution in [0, 0.1) is 6.92 Å². The van der Waals surface area contributed by atoms with E-state index in [1.165, 1.54) is 0 Å². The Hall–Kier alpha value is -0.955. The first-order valence-electron chi connectivity index (χ1n) is 4.23. The number of aliphatic hydroxyl groups is 1. The van der Waals surface area contributed by atoms with Gasteiger partial charge in [-0.15, -0.1) is 0 Å². The molecule has 0 unspecified atom stereocenters. The first-order chi connectivity index (χ1) is 6.06. The summed E-state index contributed by atoms with van der Waals surface area (Å²) in [6.45, 7) is 2.01. The number of benzene rings is 1. The predicted octanol–water partition coefficient (Wildman–Crippen LogP) is 0.347. The van der Waals surface area contributed by atoms with Crippen molar-refractivity contribution in [3.8, 4) is 0 Å². The smallest absolute Gasteiger partial charge is 0.116 e. The van der Waals surface area contributed by atoms with Crippen molar-refractivity contribution < 1.29 is 5.11 Å². The lowest BCUT2D eigenvalue weighted by atomic mass is 9.90. The van der Waals surface area contributed by atoms with E-state index in [9.17, 15) is 0 Å². The van der Waals surface area contributed by atoms with E-state index in [-0.39, 0.29) is 6.61 Å². The number of hydrogen-bond donors (Lipinski definition) is 1. The van der Waals surface area contributed by atoms with Crippen LogP contribution in [0.3, 0.4) is 0 Å². The van der Waals surface area contributed by atoms with E-state index >= 15 is 0 Å². The molecule has 0 saturated heterocycles. The molecule has 0 heterocycles. The summed E-state index contributed by atoms with van der Waals surface area (Å²) in [5.74, 6) is 0. The van der Waals surface area contributed by atoms with Crippen molar-refractivity contribution in [1.82, 2.24) is 0 Å². The van der Waals surface area contributed by atoms with Crippen molar-refractivity contribution in [2.45, 2.75) is 13.5 Å². The highest BCUT2D eigenvalue weighted by molar-refractivity contribution is 6.36. The minimum Gasteiger partial charge on any atom is -0.392 e. The van der Waals surface area contributed by atoms with Gasteiger partial charge in [0.15, 0.2) is 0 Å². The Morgan fingerprint density at radius 2 is 2.00 bits per heavy atom. The zero-order valence-electron chi connectivity index (χ0n) is 8.33. The molecule has 0 aromatic heterocycles. The van der Waals surface area contributed by atoms with Crippen molar-refractivity contribution in [2.24, 2.45) is 0 Å². The zero-order chi connectivity index (χ0) is 10.0. The van der Waals surface area contributed by atoms with Gasteiger partial charge in [-0.3, -0.25) is 0 Å². The molecular weight excluding hydrogens is 161 g/mol. The summed E-state index contributed by atoms with van der Waals surface area (Å²) < 4.78 is 0. The predicted molar refractivity (Wildman–Crippen MR) is 56.8 cm³/mol. The fourth-order valence-corrected chi connectivity index (χ4v) is 1.32. The molecule has 0 aliphatic heterocycles. The highest BCUT2D eigenvalue weighted by Crippen LogP contribution is 2.14. The normalized spacial score (nSPS) is 10.2. The van der Waals surface area contributed by atoms with Crippen molar-refractivity contribution in [1.29, 1.82) is 0 Å². The molecule has 1 N–H and O–H groups in total. The quantitative estimate of drug-likeness (QED) is 0.655. The number of hydrogen-bond acceptors (Lipinski definition) is 2. The van der Waals surface area contributed by atoms with E-state index in [0.717, 1.165) is 22.3 Å². The van der Waals surface area contributed by atoms with Crippen LogP contribution in [0.5, 0.6) is 0 Å². The average molecular weight is 175 g/mol. The van der Waals surface area contributed by atoms with Crippen molar-refractivity contribution in [3.63, 3.8) is 0 Å². The molecule has 0 spiro atoms. The highest BCUT2D eigenvalue weighted by Gasteiger charge is 2.04. The monoisotopic (exact) mass is 175 g/mol. The molecule has 2 radical (unpaired) electrons. The maximum Gasteiger partial charge on any atom is 0.116 e. The van der Waals surface area contributed by atoms with Crippen LogP contribution in [0.25, 0.3) is 0 Å². The van der Waals surface area contributed by atoms with E-state index < -0.39 is 0 Å². The van der Waals surface area contributed by atoms with Crippen molar-refractivity contribution in [3.05, 3.63) is 23.3 Å². The number of rotatable bonds is 2. The summed E-state index contributed by atoms with van der Waals surface area (Å²) in [5, 5.41) is 9.06. The lowest BCUT2D eigenvalue weighted by molar-refractivity contribution is 0.281. The fraction of sp³-hybridized carbons (Fsp3) is 0.400. The van der Waals surface area contributed by atoms with Crippen LogP contribution >= 0.6 is 0 Å². The molecule has 1 aromatic rings. The topological polar surface area (TPSA) is 23.5 Å². The van der Waals surface area contributed by atoms with Crippen LogP contribution in [0.15, 0.2) is 12.1 Å². The van der Waals surface area contributed by atoms with E-state index in [0.29, 0.717) is 0 Å². The minimum absolute atomic E-state index is 0.0625. The molecule has 1 aromatic carbocycles. The summed E-state index contributed by atoms with van der Waals surface area (Å²) in [4.78, 5) is 1.94. The van der Waals surface area contributed by atoms with Crippen LogP contribution in [0.2, 0.25) is 0 Å². The van der Waals surface area contributed by atoms with Crippen molar-refractivity contribution in [2.75, 3.05) is 19.0 Å². The van der Waals surface area contributed by atoms with Gasteiger partial charge in [0.1, 0.15) is 7.85 Å². The Balaban J connectivity index is 3.22. The molecule has 1 rings (SSSR count). The average Bonchev–Trinajstić information content (AvgIpc) is 2.03. The van der Waals surface area contributed by atoms with Gasteiger partial charge in [-0.05, 0) is 24.1 Å². The molecule has 68 valence electrons. The van der Waals surface area contributed by atoms with Gasteiger partial charge in [0.25, 0.3) is 0 Å². The van der Waals surface area contributed by atoms with Gasteiger partial charge in [-0.1, -0.05) is 11.5 Å². The van der Waals surface area contributed by atoms with Crippen LogP contribution in [-0.2, 0) is 6.61 Å². The first kappa shape index (κ1) is 10.1. The number of nitrogens with zero attached hydrogens (tertiary/aromatic N) is 1. The number of aliphatic hydroxyl groups excluding tert-OH is 1. The molecule has 0 atom stereocenters. The van der Waals surface area contributed by atoms with Gasteiger partial charge in [0.05, 0.1) is 6.61 Å². The number of aryl methyl sites for hydroxylation is 1. The molecule has 2 nitrogen and oxygen atoms in total. The van der Waals surface area contributed by atoms with Gasteiger partial charge in [0, 0.05) is 19.8 Å². The van der Waals surface area contributed by atoms with Gasteiger partial charge in [-0.25, -0.2) is 0 Å². The maximum atomic E-state index is 9.06. The second-order valence-corrected chi connectivity index (χ2v) is 3.39. The van der Waals surface area contributed by atoms with E-state index in [1.807, 2.05) is 38.1 Å². The molecule has 0 saturated carbocycles. The van der Waals surface area contributed by atoms with Gasteiger partial charge in [-0.2, -0.15) is 0 Å². The Morgan fingerprint density at radius 1 is 1.38 bits per heavy atom. The van der Waals surface area contributed by atoms with Gasteiger partial charge in [0.2, 0.25) is 0 Å². The molecule has 0 amide bonds. The molecule has 3 heteroatoms. The molecule has 0 aliphatic rings. The van der Waals surface area contributed by atoms with E-state index in [2.05, 4.69) is 0 Å². The molecule has 0 aliphatic carbocycles. The number of anilines is 1. The largest absolute Gasteiger partial charge is 0.392 e. The third kappa shape index (κ3) is 2.04. The SMILES string of the molecule is [B]c1cc(C)c(CO)cc1N(C)C. The van der Waals surface area contributed by atoms with Crippen LogP contribution in [-0.4, -0.2) is 27.0 Å². The second-order valence-electron chi connectivity index (χ2n) is 3.39. The van der Waals surface area contributed by atoms with E-state index in [1.54, 1.807) is 0 Å². The first-order valence-corrected chi connectivity index (χ1v) is 4.23. The van der Waals surface area contributed by atoms with Gasteiger partial charge < -0.3 is 10.0 Å². The Kier molecular flexibility index (Phi) is 2.99. The highest BCUT2D eigenvalue weighted by atomic mass is 16.3. The molecule has 0 fully saturated rings. The Bertz CT molecular complexity index is 310. The summed E-state index contributed by atoms with van der Waals surface area (Å²) in [7, 11) is 9.69. The third-order valence-corrected chi connectivity index (χ3v) is 2.14. The van der Waals surface area contributed by atoms with Crippen LogP contribution in [0.1, 0.15) is 11.1 Å². The summed E-state index contributed by atoms with van der Waals surface area (Å²) in [6, 6.07) is 3.81. The standard InChI is InChI=1S/C10H14BNO/c1-7-4-9(11)10(12(2)3)5-8(7)6-13/h4-5,13H,6H2,1-3H3. The van der Waals surface area contributed by atoms with Crippen LogP contribution < -0.4 is 10.4 Å². The van der Waals surface area contributed by atoms with Crippen LogP contribution in [0.4, 0.5) is 5.69 Å². The second kappa shape index (κ2) is 3.84. The zero-order valence-corrected chi connectivity index (χ0v) is 8.33. The Morgan fingerprint density at radius 3 is 2.46 bits per heavy atom. The summed E-state index contributed by atoms with van der Waals surface area (Å²) in [5.41, 5.74) is 3.66. The Labute approximate surface area is 80.6 Å². The molecule has 0 bridgehead atoms. The fourth-order valence-electron chi connectivity index (χ4n) is 1.32. The lowest BCUT2D eigenvalue weighted by Crippen LogP contribution is -2.20. The molecule has 13 heavy (non-hydrogen) atoms. The van der Waals surface area contributed by atoms with Gasteiger partial charge >= 0.3 is 0 Å². The van der Waals surface area contributed by atoms with E-state index in [4.69, 9.17) is 13.0 Å². The van der Waals surface area contributed by atoms with Crippen molar-refractivity contribution >= 4 is 19.0 Å². The summed E-state index contributed by atoms with van der Waals surface area (Å²) >= 11 is 0. The summed E-state index contributed by atoms with van der Waals surface area (Å²) in [6.07, 6.45) is 0. The molecular formula is C10H14BNO. The third-order valence-electron chi connectivity index (χ3n) is 2.14. The lowest BCUT2D eigenvalue weighted by Gasteiger charge is -2.18.